The van der Waals surface area contributed by atoms with Gasteiger partial charge in [0.15, 0.2) is 0 Å². The van der Waals surface area contributed by atoms with Crippen LogP contribution >= 0.6 is 47.8 Å². The molecule has 0 unspecified atom stereocenters. The van der Waals surface area contributed by atoms with Crippen LogP contribution in [0, 0.1) is 6.92 Å². The molecule has 0 saturated heterocycles. The van der Waals surface area contributed by atoms with Crippen molar-refractivity contribution in [1.29, 1.82) is 0 Å². The predicted octanol–water partition coefficient (Wildman–Crippen LogP) is 7.41. The van der Waals surface area contributed by atoms with Crippen molar-refractivity contribution in [3.05, 3.63) is 101 Å². The molecule has 0 saturated carbocycles. The van der Waals surface area contributed by atoms with Crippen molar-refractivity contribution >= 4 is 64.9 Å². The van der Waals surface area contributed by atoms with Crippen LogP contribution in [0.25, 0.3) is 10.9 Å². The Balaban J connectivity index is 1.64. The van der Waals surface area contributed by atoms with Crippen LogP contribution < -0.4 is 10.3 Å². The second kappa shape index (κ2) is 11.0. The minimum atomic E-state index is -0.192. The van der Waals surface area contributed by atoms with Gasteiger partial charge in [0.2, 0.25) is 0 Å². The van der Waals surface area contributed by atoms with Crippen molar-refractivity contribution in [2.24, 2.45) is 5.10 Å². The highest BCUT2D eigenvalue weighted by Crippen LogP contribution is 2.35. The Bertz CT molecular complexity index is 1420. The van der Waals surface area contributed by atoms with E-state index in [0.29, 0.717) is 35.5 Å². The van der Waals surface area contributed by atoms with Crippen molar-refractivity contribution in [3.8, 4) is 5.75 Å². The van der Waals surface area contributed by atoms with E-state index in [9.17, 15) is 4.79 Å². The number of hydrogen-bond acceptors (Lipinski definition) is 4. The van der Waals surface area contributed by atoms with Gasteiger partial charge in [-0.2, -0.15) is 9.78 Å². The van der Waals surface area contributed by atoms with E-state index in [2.05, 4.69) is 83.9 Å². The van der Waals surface area contributed by atoms with E-state index in [1.807, 2.05) is 36.4 Å². The van der Waals surface area contributed by atoms with Gasteiger partial charge in [-0.25, -0.2) is 4.98 Å². The third kappa shape index (κ3) is 5.67. The fourth-order valence-electron chi connectivity index (χ4n) is 3.57. The van der Waals surface area contributed by atoms with Crippen molar-refractivity contribution < 1.29 is 4.74 Å². The smallest absolute Gasteiger partial charge is 0.282 e. The number of fused-ring (bicyclic) bond motifs is 1. The minimum Gasteiger partial charge on any atom is -0.487 e. The Labute approximate surface area is 223 Å². The molecule has 0 spiro atoms. The van der Waals surface area contributed by atoms with Crippen molar-refractivity contribution in [2.45, 2.75) is 33.3 Å². The average Bonchev–Trinajstić information content (AvgIpc) is 2.79. The van der Waals surface area contributed by atoms with E-state index in [0.717, 1.165) is 31.0 Å². The number of aromatic nitrogens is 2. The van der Waals surface area contributed by atoms with E-state index in [1.54, 1.807) is 12.3 Å². The van der Waals surface area contributed by atoms with Gasteiger partial charge in [-0.3, -0.25) is 4.79 Å². The first-order valence-corrected chi connectivity index (χ1v) is 13.2. The molecule has 0 atom stereocenters. The number of halogens is 3. The van der Waals surface area contributed by atoms with E-state index in [1.165, 1.54) is 10.2 Å². The molecule has 0 bridgehead atoms. The SMILES string of the molecule is CCCc1nc2ccc(Br)cc2c(=O)n1N=Cc1cc(Br)c(OCc2cccc(C)c2)c(Br)c1. The summed E-state index contributed by atoms with van der Waals surface area (Å²) in [7, 11) is 0. The van der Waals surface area contributed by atoms with Crippen LogP contribution in [0.1, 0.15) is 35.9 Å². The van der Waals surface area contributed by atoms with Crippen molar-refractivity contribution in [2.75, 3.05) is 0 Å². The predicted molar refractivity (Wildman–Crippen MR) is 148 cm³/mol. The highest BCUT2D eigenvalue weighted by molar-refractivity contribution is 9.11. The molecule has 5 nitrogen and oxygen atoms in total. The maximum Gasteiger partial charge on any atom is 0.282 e. The lowest BCUT2D eigenvalue weighted by Crippen LogP contribution is -2.22. The number of nitrogens with zero attached hydrogens (tertiary/aromatic N) is 3. The van der Waals surface area contributed by atoms with E-state index < -0.39 is 0 Å². The molecule has 8 heteroatoms. The third-order valence-corrected chi connectivity index (χ3v) is 6.83. The highest BCUT2D eigenvalue weighted by Gasteiger charge is 2.12. The Morgan fingerprint density at radius 2 is 1.82 bits per heavy atom. The van der Waals surface area contributed by atoms with Crippen LogP contribution in [0.15, 0.2) is 77.9 Å². The second-order valence-corrected chi connectivity index (χ2v) is 10.5. The number of hydrogen-bond donors (Lipinski definition) is 0. The summed E-state index contributed by atoms with van der Waals surface area (Å²) in [6, 6.07) is 17.6. The van der Waals surface area contributed by atoms with Crippen LogP contribution in [0.4, 0.5) is 0 Å². The largest absolute Gasteiger partial charge is 0.487 e. The van der Waals surface area contributed by atoms with Crippen LogP contribution in [-0.2, 0) is 13.0 Å². The fraction of sp³-hybridized carbons (Fsp3) is 0.192. The summed E-state index contributed by atoms with van der Waals surface area (Å²) in [6.07, 6.45) is 3.16. The normalized spacial score (nSPS) is 11.4. The first-order valence-electron chi connectivity index (χ1n) is 10.8. The number of aryl methyl sites for hydroxylation is 2. The Morgan fingerprint density at radius 3 is 2.53 bits per heavy atom. The van der Waals surface area contributed by atoms with Gasteiger partial charge < -0.3 is 4.74 Å². The van der Waals surface area contributed by atoms with Gasteiger partial charge in [-0.1, -0.05) is 52.7 Å². The molecule has 0 amide bonds. The summed E-state index contributed by atoms with van der Waals surface area (Å²) >= 11 is 10.6. The molecule has 4 aromatic rings. The molecular weight excluding hydrogens is 626 g/mol. The molecular formula is C26H22Br3N3O2. The zero-order valence-corrected chi connectivity index (χ0v) is 23.4. The van der Waals surface area contributed by atoms with Crippen LogP contribution in [0.3, 0.4) is 0 Å². The third-order valence-electron chi connectivity index (χ3n) is 5.16. The zero-order chi connectivity index (χ0) is 24.2. The standard InChI is InChI=1S/C26H22Br3N3O2/c1-3-5-24-31-23-9-8-19(27)13-20(23)26(33)32(24)30-14-18-11-21(28)25(22(29)12-18)34-15-17-7-4-6-16(2)10-17/h4,6-14H,3,5,15H2,1-2H3. The minimum absolute atomic E-state index is 0.192. The Hall–Kier alpha value is -2.29. The first-order chi connectivity index (χ1) is 16.4. The summed E-state index contributed by atoms with van der Waals surface area (Å²) in [4.78, 5) is 17.9. The Morgan fingerprint density at radius 1 is 1.06 bits per heavy atom. The molecule has 0 aliphatic carbocycles. The topological polar surface area (TPSA) is 56.5 Å². The molecule has 34 heavy (non-hydrogen) atoms. The molecule has 174 valence electrons. The van der Waals surface area contributed by atoms with Gasteiger partial charge in [0, 0.05) is 10.9 Å². The van der Waals surface area contributed by atoms with Gasteiger partial charge >= 0.3 is 0 Å². The molecule has 1 aromatic heterocycles. The van der Waals surface area contributed by atoms with Crippen LogP contribution in [-0.4, -0.2) is 15.9 Å². The van der Waals surface area contributed by atoms with Crippen molar-refractivity contribution in [3.63, 3.8) is 0 Å². The molecule has 4 rings (SSSR count). The second-order valence-electron chi connectivity index (χ2n) is 7.89. The molecule has 0 fully saturated rings. The molecule has 1 heterocycles. The molecule has 0 aliphatic rings. The van der Waals surface area contributed by atoms with Crippen molar-refractivity contribution in [1.82, 2.24) is 9.66 Å². The molecule has 0 N–H and O–H groups in total. The lowest BCUT2D eigenvalue weighted by Gasteiger charge is -2.12. The number of benzene rings is 3. The van der Waals surface area contributed by atoms with Gasteiger partial charge in [0.05, 0.1) is 26.1 Å². The first kappa shape index (κ1) is 24.8. The van der Waals surface area contributed by atoms with Gasteiger partial charge in [-0.15, -0.1) is 0 Å². The number of ether oxygens (including phenoxy) is 1. The average molecular weight is 648 g/mol. The van der Waals surface area contributed by atoms with Gasteiger partial charge in [-0.05, 0) is 86.7 Å². The summed E-state index contributed by atoms with van der Waals surface area (Å²) in [6.45, 7) is 4.57. The lowest BCUT2D eigenvalue weighted by atomic mass is 10.1. The molecule has 3 aromatic carbocycles. The maximum atomic E-state index is 13.2. The summed E-state index contributed by atoms with van der Waals surface area (Å²) in [5, 5.41) is 5.03. The highest BCUT2D eigenvalue weighted by atomic mass is 79.9. The van der Waals surface area contributed by atoms with E-state index >= 15 is 0 Å². The summed E-state index contributed by atoms with van der Waals surface area (Å²) < 4.78 is 9.84. The lowest BCUT2D eigenvalue weighted by molar-refractivity contribution is 0.302. The molecule has 0 aliphatic heterocycles. The number of rotatable bonds is 7. The van der Waals surface area contributed by atoms with E-state index in [-0.39, 0.29) is 5.56 Å². The van der Waals surface area contributed by atoms with Crippen LogP contribution in [0.2, 0.25) is 0 Å². The summed E-state index contributed by atoms with van der Waals surface area (Å²) in [5.41, 5.74) is 3.58. The van der Waals surface area contributed by atoms with E-state index in [4.69, 9.17) is 4.74 Å². The maximum absolute atomic E-state index is 13.2. The Kier molecular flexibility index (Phi) is 8.01. The zero-order valence-electron chi connectivity index (χ0n) is 18.7. The fourth-order valence-corrected chi connectivity index (χ4v) is 5.38. The quantitative estimate of drug-likeness (QED) is 0.196. The van der Waals surface area contributed by atoms with Gasteiger partial charge in [0.25, 0.3) is 5.56 Å². The monoisotopic (exact) mass is 645 g/mol. The summed E-state index contributed by atoms with van der Waals surface area (Å²) in [5.74, 6) is 1.34. The van der Waals surface area contributed by atoms with Crippen LogP contribution in [0.5, 0.6) is 5.75 Å². The molecule has 0 radical (unpaired) electrons. The van der Waals surface area contributed by atoms with Gasteiger partial charge in [0.1, 0.15) is 18.2 Å².